The summed E-state index contributed by atoms with van der Waals surface area (Å²) in [5.41, 5.74) is 2.45. The summed E-state index contributed by atoms with van der Waals surface area (Å²) in [6.07, 6.45) is 7.26. The lowest BCUT2D eigenvalue weighted by molar-refractivity contribution is 0.00285. The zero-order chi connectivity index (χ0) is 14.7. The van der Waals surface area contributed by atoms with Crippen molar-refractivity contribution in [2.75, 3.05) is 17.3 Å². The second-order valence-corrected chi connectivity index (χ2v) is 4.79. The van der Waals surface area contributed by atoms with E-state index >= 15 is 0 Å². The van der Waals surface area contributed by atoms with Crippen molar-refractivity contribution in [2.45, 2.75) is 31.9 Å². The molecule has 0 atom stereocenters. The number of hydrogen-bond acceptors (Lipinski definition) is 8. The maximum atomic E-state index is 5.54. The van der Waals surface area contributed by atoms with Gasteiger partial charge in [-0.3, -0.25) is 9.99 Å². The van der Waals surface area contributed by atoms with Gasteiger partial charge in [0, 0.05) is 25.0 Å². The number of anilines is 2. The van der Waals surface area contributed by atoms with Gasteiger partial charge in [0.15, 0.2) is 0 Å². The van der Waals surface area contributed by atoms with E-state index in [-0.39, 0.29) is 0 Å². The highest BCUT2D eigenvalue weighted by Crippen LogP contribution is 2.26. The molecule has 2 heterocycles. The normalized spacial score (nSPS) is 20.9. The molecule has 2 aromatic heterocycles. The largest absolute Gasteiger partial charge is 0.378 e. The van der Waals surface area contributed by atoms with E-state index in [0.29, 0.717) is 30.0 Å². The number of hydrogen-bond donors (Lipinski definition) is 3. The number of nitrogens with one attached hydrogen (secondary N) is 2. The number of aromatic nitrogens is 5. The second kappa shape index (κ2) is 6.02. The van der Waals surface area contributed by atoms with E-state index in [1.165, 1.54) is 0 Å². The molecule has 21 heavy (non-hydrogen) atoms. The minimum Gasteiger partial charge on any atom is -0.378 e. The fourth-order valence-corrected chi connectivity index (χ4v) is 2.22. The Kier molecular flexibility index (Phi) is 3.93. The summed E-state index contributed by atoms with van der Waals surface area (Å²) in [6, 6.07) is 0.310. The summed E-state index contributed by atoms with van der Waals surface area (Å²) in [7, 11) is 0. The van der Waals surface area contributed by atoms with Crippen LogP contribution in [0.5, 0.6) is 0 Å². The van der Waals surface area contributed by atoms with Crippen LogP contribution in [0.3, 0.4) is 0 Å². The number of hydrazine groups is 1. The summed E-state index contributed by atoms with van der Waals surface area (Å²) < 4.78 is 7.23. The Balaban J connectivity index is 1.72. The second-order valence-electron chi connectivity index (χ2n) is 4.79. The highest BCUT2D eigenvalue weighted by atomic mass is 16.5. The smallest absolute Gasteiger partial charge is 0.243 e. The Hall–Kier alpha value is -2.26. The van der Waals surface area contributed by atoms with Crippen molar-refractivity contribution in [1.82, 2.24) is 24.5 Å². The minimum atomic E-state index is 0.303. The molecule has 1 fully saturated rings. The SMILES string of the molecule is CCOC1CC(Nc2nc(NN)nc(-n3ccnc3)n2)C1. The van der Waals surface area contributed by atoms with Crippen molar-refractivity contribution in [3.8, 4) is 5.95 Å². The molecule has 1 aliphatic carbocycles. The zero-order valence-corrected chi connectivity index (χ0v) is 11.7. The first kappa shape index (κ1) is 13.7. The van der Waals surface area contributed by atoms with Gasteiger partial charge in [0.05, 0.1) is 6.10 Å². The van der Waals surface area contributed by atoms with Gasteiger partial charge < -0.3 is 10.1 Å². The molecule has 0 spiro atoms. The Morgan fingerprint density at radius 1 is 1.33 bits per heavy atom. The number of ether oxygens (including phenoxy) is 1. The van der Waals surface area contributed by atoms with Crippen LogP contribution in [-0.2, 0) is 4.74 Å². The van der Waals surface area contributed by atoms with Gasteiger partial charge in [0.25, 0.3) is 0 Å². The van der Waals surface area contributed by atoms with E-state index in [1.54, 1.807) is 23.3 Å². The first-order chi connectivity index (χ1) is 10.3. The molecule has 9 heteroatoms. The van der Waals surface area contributed by atoms with Gasteiger partial charge in [0.1, 0.15) is 6.33 Å². The number of imidazole rings is 1. The van der Waals surface area contributed by atoms with Crippen molar-refractivity contribution in [3.63, 3.8) is 0 Å². The van der Waals surface area contributed by atoms with Crippen LogP contribution in [0.1, 0.15) is 19.8 Å². The standard InChI is InChI=1S/C12H18N8O/c1-2-21-9-5-8(6-9)15-10-16-11(19-13)18-12(17-10)20-4-3-14-7-20/h3-4,7-9H,2,5-6,13H2,1H3,(H2,15,16,17,18,19). The molecular weight excluding hydrogens is 272 g/mol. The minimum absolute atomic E-state index is 0.303. The molecule has 1 aliphatic rings. The van der Waals surface area contributed by atoms with Gasteiger partial charge in [-0.1, -0.05) is 0 Å². The molecule has 0 aromatic carbocycles. The van der Waals surface area contributed by atoms with Crippen LogP contribution in [0.2, 0.25) is 0 Å². The molecule has 1 saturated carbocycles. The molecule has 4 N–H and O–H groups in total. The maximum absolute atomic E-state index is 5.54. The molecular formula is C12H18N8O. The first-order valence-corrected chi connectivity index (χ1v) is 6.87. The average Bonchev–Trinajstić information content (AvgIpc) is 2.99. The van der Waals surface area contributed by atoms with Crippen LogP contribution >= 0.6 is 0 Å². The molecule has 0 bridgehead atoms. The van der Waals surface area contributed by atoms with E-state index in [9.17, 15) is 0 Å². The van der Waals surface area contributed by atoms with Crippen molar-refractivity contribution >= 4 is 11.9 Å². The van der Waals surface area contributed by atoms with Gasteiger partial charge in [-0.05, 0) is 19.8 Å². The Labute approximate surface area is 121 Å². The Morgan fingerprint density at radius 3 is 2.81 bits per heavy atom. The monoisotopic (exact) mass is 290 g/mol. The van der Waals surface area contributed by atoms with Crippen LogP contribution < -0.4 is 16.6 Å². The number of nitrogens with zero attached hydrogens (tertiary/aromatic N) is 5. The topological polar surface area (TPSA) is 116 Å². The third-order valence-electron chi connectivity index (χ3n) is 3.32. The fourth-order valence-electron chi connectivity index (χ4n) is 2.22. The summed E-state index contributed by atoms with van der Waals surface area (Å²) in [6.45, 7) is 2.75. The van der Waals surface area contributed by atoms with Gasteiger partial charge in [-0.2, -0.15) is 15.0 Å². The van der Waals surface area contributed by atoms with Crippen LogP contribution in [-0.4, -0.2) is 43.3 Å². The third kappa shape index (κ3) is 3.09. The summed E-state index contributed by atoms with van der Waals surface area (Å²) in [4.78, 5) is 16.7. The van der Waals surface area contributed by atoms with E-state index in [1.807, 2.05) is 6.92 Å². The van der Waals surface area contributed by atoms with Crippen molar-refractivity contribution in [1.29, 1.82) is 0 Å². The number of rotatable bonds is 6. The predicted molar refractivity (Wildman–Crippen MR) is 76.8 cm³/mol. The summed E-state index contributed by atoms with van der Waals surface area (Å²) in [5.74, 6) is 6.65. The summed E-state index contributed by atoms with van der Waals surface area (Å²) >= 11 is 0. The molecule has 0 amide bonds. The van der Waals surface area contributed by atoms with Gasteiger partial charge in [-0.25, -0.2) is 10.8 Å². The van der Waals surface area contributed by atoms with Gasteiger partial charge >= 0.3 is 0 Å². The van der Waals surface area contributed by atoms with Crippen LogP contribution in [0.25, 0.3) is 5.95 Å². The molecule has 9 nitrogen and oxygen atoms in total. The van der Waals surface area contributed by atoms with Crippen LogP contribution in [0.15, 0.2) is 18.7 Å². The highest BCUT2D eigenvalue weighted by molar-refractivity contribution is 5.38. The first-order valence-electron chi connectivity index (χ1n) is 6.87. The third-order valence-corrected chi connectivity index (χ3v) is 3.32. The van der Waals surface area contributed by atoms with E-state index < -0.39 is 0 Å². The molecule has 0 aliphatic heterocycles. The highest BCUT2D eigenvalue weighted by Gasteiger charge is 2.30. The van der Waals surface area contributed by atoms with Crippen molar-refractivity contribution in [3.05, 3.63) is 18.7 Å². The molecule has 2 aromatic rings. The lowest BCUT2D eigenvalue weighted by atomic mass is 9.89. The van der Waals surface area contributed by atoms with Crippen LogP contribution in [0, 0.1) is 0 Å². The van der Waals surface area contributed by atoms with Crippen LogP contribution in [0.4, 0.5) is 11.9 Å². The number of nitrogens with two attached hydrogens (primary N) is 1. The van der Waals surface area contributed by atoms with E-state index in [0.717, 1.165) is 19.4 Å². The van der Waals surface area contributed by atoms with E-state index in [2.05, 4.69) is 30.7 Å². The lowest BCUT2D eigenvalue weighted by Crippen LogP contribution is -2.41. The molecule has 0 saturated heterocycles. The van der Waals surface area contributed by atoms with E-state index in [4.69, 9.17) is 10.6 Å². The van der Waals surface area contributed by atoms with Crippen molar-refractivity contribution < 1.29 is 4.74 Å². The lowest BCUT2D eigenvalue weighted by Gasteiger charge is -2.35. The Bertz CT molecular complexity index is 581. The number of nitrogen functional groups attached to an aromatic ring is 1. The quantitative estimate of drug-likeness (QED) is 0.514. The molecule has 3 rings (SSSR count). The molecule has 0 unspecified atom stereocenters. The average molecular weight is 290 g/mol. The summed E-state index contributed by atoms with van der Waals surface area (Å²) in [5, 5.41) is 3.27. The zero-order valence-electron chi connectivity index (χ0n) is 11.7. The fraction of sp³-hybridized carbons (Fsp3) is 0.500. The van der Waals surface area contributed by atoms with Gasteiger partial charge in [-0.15, -0.1) is 0 Å². The maximum Gasteiger partial charge on any atom is 0.243 e. The molecule has 0 radical (unpaired) electrons. The molecule has 112 valence electrons. The Morgan fingerprint density at radius 2 is 2.14 bits per heavy atom. The van der Waals surface area contributed by atoms with Gasteiger partial charge in [0.2, 0.25) is 17.8 Å². The van der Waals surface area contributed by atoms with Crippen molar-refractivity contribution in [2.24, 2.45) is 5.84 Å². The predicted octanol–water partition coefficient (Wildman–Crippen LogP) is 0.322.